The molecule has 0 bridgehead atoms. The first kappa shape index (κ1) is 20.1. The Labute approximate surface area is 147 Å². The van der Waals surface area contributed by atoms with Crippen LogP contribution in [0.15, 0.2) is 12.1 Å². The summed E-state index contributed by atoms with van der Waals surface area (Å²) in [5.41, 5.74) is -1.11. The van der Waals surface area contributed by atoms with Gasteiger partial charge in [-0.05, 0) is 39.3 Å². The summed E-state index contributed by atoms with van der Waals surface area (Å²) in [5.74, 6) is -0.815. The van der Waals surface area contributed by atoms with Crippen LogP contribution in [0.25, 0.3) is 0 Å². The van der Waals surface area contributed by atoms with Gasteiger partial charge in [0.25, 0.3) is 5.91 Å². The Morgan fingerprint density at radius 2 is 1.88 bits per heavy atom. The maximum Gasteiger partial charge on any atom is 0.329 e. The molecule has 1 aromatic carbocycles. The SMILES string of the molecule is CCCOc1c(Cl)cc(C(=O)N(C)C(C)(C)C(=O)O)cc1OCC. The summed E-state index contributed by atoms with van der Waals surface area (Å²) in [6, 6.07) is 2.99. The summed E-state index contributed by atoms with van der Waals surface area (Å²) >= 11 is 6.24. The van der Waals surface area contributed by atoms with Crippen molar-refractivity contribution in [1.29, 1.82) is 0 Å². The van der Waals surface area contributed by atoms with Crippen LogP contribution in [0.4, 0.5) is 0 Å². The fourth-order valence-corrected chi connectivity index (χ4v) is 2.15. The Morgan fingerprint density at radius 3 is 2.38 bits per heavy atom. The zero-order valence-electron chi connectivity index (χ0n) is 14.7. The first-order valence-electron chi connectivity index (χ1n) is 7.77. The fourth-order valence-electron chi connectivity index (χ4n) is 1.89. The molecule has 0 aliphatic heterocycles. The normalized spacial score (nSPS) is 11.1. The number of carbonyl (C=O) groups excluding carboxylic acids is 1. The van der Waals surface area contributed by atoms with E-state index < -0.39 is 17.4 Å². The highest BCUT2D eigenvalue weighted by Crippen LogP contribution is 2.37. The number of halogens is 1. The highest BCUT2D eigenvalue weighted by Gasteiger charge is 2.36. The van der Waals surface area contributed by atoms with E-state index >= 15 is 0 Å². The van der Waals surface area contributed by atoms with Crippen molar-refractivity contribution in [3.05, 3.63) is 22.7 Å². The number of nitrogens with zero attached hydrogens (tertiary/aromatic N) is 1. The lowest BCUT2D eigenvalue weighted by Crippen LogP contribution is -2.50. The van der Waals surface area contributed by atoms with Crippen molar-refractivity contribution >= 4 is 23.5 Å². The number of rotatable bonds is 8. The van der Waals surface area contributed by atoms with Crippen LogP contribution >= 0.6 is 11.6 Å². The third-order valence-corrected chi connectivity index (χ3v) is 3.95. The lowest BCUT2D eigenvalue weighted by Gasteiger charge is -2.31. The molecule has 0 atom stereocenters. The van der Waals surface area contributed by atoms with E-state index in [0.29, 0.717) is 24.7 Å². The molecule has 134 valence electrons. The van der Waals surface area contributed by atoms with Crippen LogP contribution in [0.5, 0.6) is 11.5 Å². The molecule has 0 heterocycles. The molecule has 24 heavy (non-hydrogen) atoms. The van der Waals surface area contributed by atoms with Crippen molar-refractivity contribution < 1.29 is 24.2 Å². The van der Waals surface area contributed by atoms with Gasteiger partial charge in [-0.2, -0.15) is 0 Å². The predicted octanol–water partition coefficient (Wildman–Crippen LogP) is 3.46. The minimum atomic E-state index is -1.35. The molecule has 0 aliphatic carbocycles. The second-order valence-electron chi connectivity index (χ2n) is 5.80. The molecule has 0 fully saturated rings. The first-order chi connectivity index (χ1) is 11.2. The van der Waals surface area contributed by atoms with E-state index in [-0.39, 0.29) is 10.6 Å². The Balaban J connectivity index is 3.25. The first-order valence-corrected chi connectivity index (χ1v) is 8.15. The largest absolute Gasteiger partial charge is 0.490 e. The van der Waals surface area contributed by atoms with Gasteiger partial charge < -0.3 is 19.5 Å². The Bertz CT molecular complexity index is 615. The van der Waals surface area contributed by atoms with E-state index in [9.17, 15) is 14.7 Å². The highest BCUT2D eigenvalue weighted by atomic mass is 35.5. The number of carbonyl (C=O) groups is 2. The van der Waals surface area contributed by atoms with E-state index in [1.165, 1.54) is 33.0 Å². The molecule has 0 saturated heterocycles. The van der Waals surface area contributed by atoms with Gasteiger partial charge in [-0.3, -0.25) is 4.79 Å². The zero-order valence-corrected chi connectivity index (χ0v) is 15.4. The van der Waals surface area contributed by atoms with E-state index in [0.717, 1.165) is 11.3 Å². The van der Waals surface area contributed by atoms with Gasteiger partial charge in [-0.25, -0.2) is 4.79 Å². The standard InChI is InChI=1S/C17H24ClNO5/c1-6-8-24-14-12(18)9-11(10-13(14)23-7-2)15(20)19(5)17(3,4)16(21)22/h9-10H,6-8H2,1-5H3,(H,21,22). The quantitative estimate of drug-likeness (QED) is 0.771. The third kappa shape index (κ3) is 4.32. The maximum atomic E-state index is 12.6. The van der Waals surface area contributed by atoms with E-state index in [1.807, 2.05) is 13.8 Å². The second-order valence-corrected chi connectivity index (χ2v) is 6.20. The number of aliphatic carboxylic acids is 1. The Hall–Kier alpha value is -1.95. The van der Waals surface area contributed by atoms with Crippen LogP contribution in [0.2, 0.25) is 5.02 Å². The summed E-state index contributed by atoms with van der Waals surface area (Å²) in [4.78, 5) is 25.1. The van der Waals surface area contributed by atoms with E-state index in [2.05, 4.69) is 0 Å². The Kier molecular flexibility index (Phi) is 6.90. The Morgan fingerprint density at radius 1 is 1.25 bits per heavy atom. The summed E-state index contributed by atoms with van der Waals surface area (Å²) in [6.45, 7) is 7.54. The minimum Gasteiger partial charge on any atom is -0.490 e. The number of amides is 1. The van der Waals surface area contributed by atoms with E-state index in [1.54, 1.807) is 0 Å². The monoisotopic (exact) mass is 357 g/mol. The second kappa shape index (κ2) is 8.24. The molecule has 1 rings (SSSR count). The molecule has 0 aromatic heterocycles. The molecule has 1 amide bonds. The predicted molar refractivity (Wildman–Crippen MR) is 92.2 cm³/mol. The van der Waals surface area contributed by atoms with Gasteiger partial charge in [0, 0.05) is 12.6 Å². The molecule has 0 saturated carbocycles. The van der Waals surface area contributed by atoms with Crippen molar-refractivity contribution in [2.75, 3.05) is 20.3 Å². The molecule has 0 unspecified atom stereocenters. The van der Waals surface area contributed by atoms with Crippen molar-refractivity contribution in [3.8, 4) is 11.5 Å². The number of hydrogen-bond donors (Lipinski definition) is 1. The summed E-state index contributed by atoms with van der Waals surface area (Å²) in [5, 5.41) is 9.53. The number of benzene rings is 1. The van der Waals surface area contributed by atoms with Crippen molar-refractivity contribution in [1.82, 2.24) is 4.90 Å². The van der Waals surface area contributed by atoms with Gasteiger partial charge in [0.2, 0.25) is 0 Å². The molecule has 0 aliphatic rings. The summed E-state index contributed by atoms with van der Waals surface area (Å²) < 4.78 is 11.1. The van der Waals surface area contributed by atoms with Gasteiger partial charge in [0.1, 0.15) is 5.54 Å². The lowest BCUT2D eigenvalue weighted by molar-refractivity contribution is -0.147. The maximum absolute atomic E-state index is 12.6. The van der Waals surface area contributed by atoms with Gasteiger partial charge in [0.15, 0.2) is 11.5 Å². The van der Waals surface area contributed by atoms with Gasteiger partial charge in [0.05, 0.1) is 18.2 Å². The van der Waals surface area contributed by atoms with Gasteiger partial charge in [-0.15, -0.1) is 0 Å². The molecule has 0 radical (unpaired) electrons. The number of likely N-dealkylation sites (N-methyl/N-ethyl adjacent to an activating group) is 1. The lowest BCUT2D eigenvalue weighted by atomic mass is 10.0. The van der Waals surface area contributed by atoms with Crippen molar-refractivity contribution in [2.24, 2.45) is 0 Å². The topological polar surface area (TPSA) is 76.1 Å². The fraction of sp³-hybridized carbons (Fsp3) is 0.529. The van der Waals surface area contributed by atoms with Crippen LogP contribution in [-0.4, -0.2) is 47.7 Å². The van der Waals surface area contributed by atoms with Gasteiger partial charge >= 0.3 is 5.97 Å². The zero-order chi connectivity index (χ0) is 18.5. The molecule has 6 nitrogen and oxygen atoms in total. The van der Waals surface area contributed by atoms with Crippen molar-refractivity contribution in [2.45, 2.75) is 39.7 Å². The van der Waals surface area contributed by atoms with Crippen LogP contribution in [0.3, 0.4) is 0 Å². The summed E-state index contributed by atoms with van der Waals surface area (Å²) in [6.07, 6.45) is 0.804. The molecule has 7 heteroatoms. The van der Waals surface area contributed by atoms with Crippen LogP contribution in [-0.2, 0) is 4.79 Å². The number of carboxylic acid groups (broad SMARTS) is 1. The highest BCUT2D eigenvalue weighted by molar-refractivity contribution is 6.32. The number of ether oxygens (including phenoxy) is 2. The summed E-state index contributed by atoms with van der Waals surface area (Å²) in [7, 11) is 1.44. The minimum absolute atomic E-state index is 0.240. The molecular weight excluding hydrogens is 334 g/mol. The van der Waals surface area contributed by atoms with Gasteiger partial charge in [-0.1, -0.05) is 18.5 Å². The molecular formula is C17H24ClNO5. The average molecular weight is 358 g/mol. The van der Waals surface area contributed by atoms with Crippen LogP contribution < -0.4 is 9.47 Å². The molecule has 1 N–H and O–H groups in total. The smallest absolute Gasteiger partial charge is 0.329 e. The average Bonchev–Trinajstić information content (AvgIpc) is 2.52. The number of hydrogen-bond acceptors (Lipinski definition) is 4. The molecule has 0 spiro atoms. The third-order valence-electron chi connectivity index (χ3n) is 3.67. The van der Waals surface area contributed by atoms with Crippen molar-refractivity contribution in [3.63, 3.8) is 0 Å². The van der Waals surface area contributed by atoms with E-state index in [4.69, 9.17) is 21.1 Å². The number of carboxylic acids is 1. The molecule has 1 aromatic rings. The van der Waals surface area contributed by atoms with Crippen LogP contribution in [0, 0.1) is 0 Å². The van der Waals surface area contributed by atoms with Crippen LogP contribution in [0.1, 0.15) is 44.5 Å².